The molecule has 0 aromatic carbocycles. The molecule has 0 spiro atoms. The highest BCUT2D eigenvalue weighted by atomic mass is 16.5. The maximum absolute atomic E-state index is 12.6. The Kier molecular flexibility index (Phi) is 6.07. The molecule has 2 aromatic heterocycles. The monoisotopic (exact) mass is 388 g/mol. The molecule has 3 rings (SSSR count). The molecule has 1 N–H and O–H groups in total. The van der Waals surface area contributed by atoms with E-state index in [2.05, 4.69) is 15.0 Å². The van der Waals surface area contributed by atoms with Crippen molar-refractivity contribution in [1.82, 2.24) is 24.4 Å². The molecule has 1 amide bonds. The van der Waals surface area contributed by atoms with Crippen molar-refractivity contribution in [3.05, 3.63) is 45.5 Å². The predicted molar refractivity (Wildman–Crippen MR) is 103 cm³/mol. The number of carbonyl (C=O) groups is 1. The van der Waals surface area contributed by atoms with Crippen LogP contribution in [0.15, 0.2) is 34.2 Å². The second-order valence-electron chi connectivity index (χ2n) is 6.85. The van der Waals surface area contributed by atoms with Gasteiger partial charge in [-0.3, -0.25) is 14.6 Å². The minimum atomic E-state index is -0.515. The van der Waals surface area contributed by atoms with Crippen LogP contribution in [-0.4, -0.2) is 63.6 Å². The lowest BCUT2D eigenvalue weighted by Gasteiger charge is -2.33. The Morgan fingerprint density at radius 1 is 1.32 bits per heavy atom. The Morgan fingerprint density at radius 2 is 2.11 bits per heavy atom. The first kappa shape index (κ1) is 19.6. The number of hydrogen-bond acceptors (Lipinski definition) is 7. The maximum atomic E-state index is 12.6. The molecular weight excluding hydrogens is 364 g/mol. The van der Waals surface area contributed by atoms with Crippen LogP contribution in [0, 0.1) is 0 Å². The third kappa shape index (κ3) is 4.76. The van der Waals surface area contributed by atoms with E-state index in [-0.39, 0.29) is 25.0 Å². The van der Waals surface area contributed by atoms with E-state index in [9.17, 15) is 14.4 Å². The first-order valence-corrected chi connectivity index (χ1v) is 9.16. The number of ether oxygens (including phenoxy) is 1. The molecular formula is C18H24N6O4. The van der Waals surface area contributed by atoms with Gasteiger partial charge in [-0.1, -0.05) is 0 Å². The van der Waals surface area contributed by atoms with Crippen LogP contribution in [-0.2, 0) is 11.3 Å². The molecule has 10 nitrogen and oxygen atoms in total. The lowest BCUT2D eigenvalue weighted by Crippen LogP contribution is -2.45. The van der Waals surface area contributed by atoms with Crippen molar-refractivity contribution in [2.45, 2.75) is 31.9 Å². The number of carbonyl (C=O) groups excluding carboxylic acids is 1. The van der Waals surface area contributed by atoms with Crippen LogP contribution in [0.1, 0.15) is 19.3 Å². The highest BCUT2D eigenvalue weighted by Gasteiger charge is 2.26. The topological polar surface area (TPSA) is 113 Å². The number of aryl methyl sites for hydroxylation is 1. The molecule has 1 saturated heterocycles. The fraction of sp³-hybridized carbons (Fsp3) is 0.500. The number of H-pyrrole nitrogens is 1. The van der Waals surface area contributed by atoms with Gasteiger partial charge in [0.2, 0.25) is 5.91 Å². The average Bonchev–Trinajstić information content (AvgIpc) is 2.67. The Labute approximate surface area is 161 Å². The number of hydrogen-bond donors (Lipinski definition) is 1. The summed E-state index contributed by atoms with van der Waals surface area (Å²) in [6.45, 7) is 1.33. The zero-order chi connectivity index (χ0) is 20.1. The average molecular weight is 388 g/mol. The Hall–Kier alpha value is -3.17. The molecule has 150 valence electrons. The number of likely N-dealkylation sites (tertiary alicyclic amines) is 1. The van der Waals surface area contributed by atoms with E-state index in [0.717, 1.165) is 12.8 Å². The SMILES string of the molecule is CN(C)c1nccnc1O[C@H]1CCCN(C(=O)CCn2ccc(=O)[nH]c2=O)C1. The van der Waals surface area contributed by atoms with Crippen LogP contribution in [0.2, 0.25) is 0 Å². The fourth-order valence-corrected chi connectivity index (χ4v) is 3.12. The van der Waals surface area contributed by atoms with Gasteiger partial charge in [-0.15, -0.1) is 0 Å². The molecule has 0 saturated carbocycles. The van der Waals surface area contributed by atoms with Crippen LogP contribution in [0.5, 0.6) is 5.88 Å². The molecule has 1 atom stereocenters. The molecule has 1 fully saturated rings. The molecule has 28 heavy (non-hydrogen) atoms. The van der Waals surface area contributed by atoms with Gasteiger partial charge in [0.25, 0.3) is 11.4 Å². The largest absolute Gasteiger partial charge is 0.470 e. The zero-order valence-electron chi connectivity index (χ0n) is 16.0. The minimum absolute atomic E-state index is 0.0571. The van der Waals surface area contributed by atoms with E-state index in [4.69, 9.17) is 4.74 Å². The van der Waals surface area contributed by atoms with Gasteiger partial charge in [0.1, 0.15) is 6.10 Å². The number of rotatable bonds is 6. The number of nitrogens with zero attached hydrogens (tertiary/aromatic N) is 5. The summed E-state index contributed by atoms with van der Waals surface area (Å²) in [7, 11) is 3.73. The molecule has 0 aliphatic carbocycles. The van der Waals surface area contributed by atoms with E-state index in [1.807, 2.05) is 19.0 Å². The molecule has 1 aliphatic rings. The van der Waals surface area contributed by atoms with Crippen molar-refractivity contribution in [3.63, 3.8) is 0 Å². The van der Waals surface area contributed by atoms with E-state index in [1.165, 1.54) is 16.8 Å². The molecule has 1 aliphatic heterocycles. The van der Waals surface area contributed by atoms with Gasteiger partial charge >= 0.3 is 5.69 Å². The first-order chi connectivity index (χ1) is 13.4. The van der Waals surface area contributed by atoms with Gasteiger partial charge in [0.05, 0.1) is 6.54 Å². The highest BCUT2D eigenvalue weighted by molar-refractivity contribution is 5.76. The number of piperidine rings is 1. The number of anilines is 1. The Balaban J connectivity index is 1.59. The van der Waals surface area contributed by atoms with Crippen molar-refractivity contribution in [2.24, 2.45) is 0 Å². The quantitative estimate of drug-likeness (QED) is 0.732. The number of aromatic nitrogens is 4. The standard InChI is InChI=1S/C18H24N6O4/c1-22(2)16-17(20-8-7-19-16)28-13-4-3-9-24(12-13)15(26)6-11-23-10-5-14(25)21-18(23)27/h5,7-8,10,13H,3-4,6,9,11-12H2,1-2H3,(H,21,25,27)/t13-/m0/s1. The Morgan fingerprint density at radius 3 is 2.86 bits per heavy atom. The third-order valence-corrected chi connectivity index (χ3v) is 4.54. The number of nitrogens with one attached hydrogen (secondary N) is 1. The molecule has 0 bridgehead atoms. The van der Waals surface area contributed by atoms with Gasteiger partial charge in [-0.2, -0.15) is 0 Å². The van der Waals surface area contributed by atoms with Crippen LogP contribution in [0.3, 0.4) is 0 Å². The molecule has 10 heteroatoms. The molecule has 0 unspecified atom stereocenters. The van der Waals surface area contributed by atoms with Crippen molar-refractivity contribution in [3.8, 4) is 5.88 Å². The number of amides is 1. The van der Waals surface area contributed by atoms with Gasteiger partial charge < -0.3 is 19.1 Å². The molecule has 0 radical (unpaired) electrons. The highest BCUT2D eigenvalue weighted by Crippen LogP contribution is 2.24. The van der Waals surface area contributed by atoms with Gasteiger partial charge in [-0.25, -0.2) is 14.8 Å². The maximum Gasteiger partial charge on any atom is 0.328 e. The summed E-state index contributed by atoms with van der Waals surface area (Å²) >= 11 is 0. The van der Waals surface area contributed by atoms with Crippen LogP contribution in [0.4, 0.5) is 5.82 Å². The summed E-state index contributed by atoms with van der Waals surface area (Å²) < 4.78 is 7.34. The van der Waals surface area contributed by atoms with E-state index >= 15 is 0 Å². The predicted octanol–water partition coefficient (Wildman–Crippen LogP) is -0.147. The summed E-state index contributed by atoms with van der Waals surface area (Å²) in [5.41, 5.74) is -0.969. The lowest BCUT2D eigenvalue weighted by molar-refractivity contribution is -0.134. The molecule has 3 heterocycles. The van der Waals surface area contributed by atoms with Crippen LogP contribution in [0.25, 0.3) is 0 Å². The normalized spacial score (nSPS) is 16.6. The van der Waals surface area contributed by atoms with Crippen LogP contribution < -0.4 is 20.9 Å². The minimum Gasteiger partial charge on any atom is -0.470 e. The van der Waals surface area contributed by atoms with Crippen molar-refractivity contribution in [1.29, 1.82) is 0 Å². The second kappa shape index (κ2) is 8.68. The third-order valence-electron chi connectivity index (χ3n) is 4.54. The Bertz CT molecular complexity index is 938. The van der Waals surface area contributed by atoms with Crippen molar-refractivity contribution < 1.29 is 9.53 Å². The summed E-state index contributed by atoms with van der Waals surface area (Å²) in [4.78, 5) is 49.7. The van der Waals surface area contributed by atoms with E-state index < -0.39 is 11.2 Å². The smallest absolute Gasteiger partial charge is 0.328 e. The van der Waals surface area contributed by atoms with E-state index in [0.29, 0.717) is 24.8 Å². The molecule has 2 aromatic rings. The zero-order valence-corrected chi connectivity index (χ0v) is 16.0. The second-order valence-corrected chi connectivity index (χ2v) is 6.85. The van der Waals surface area contributed by atoms with Gasteiger partial charge in [-0.05, 0) is 12.8 Å². The first-order valence-electron chi connectivity index (χ1n) is 9.16. The van der Waals surface area contributed by atoms with Crippen LogP contribution >= 0.6 is 0 Å². The van der Waals surface area contributed by atoms with Crippen molar-refractivity contribution >= 4 is 11.7 Å². The van der Waals surface area contributed by atoms with Gasteiger partial charge in [0, 0.05) is 58.3 Å². The summed E-state index contributed by atoms with van der Waals surface area (Å²) in [6, 6.07) is 1.26. The summed E-state index contributed by atoms with van der Waals surface area (Å²) in [5.74, 6) is 1.04. The lowest BCUT2D eigenvalue weighted by atomic mass is 10.1. The van der Waals surface area contributed by atoms with E-state index in [1.54, 1.807) is 17.3 Å². The van der Waals surface area contributed by atoms with Crippen molar-refractivity contribution in [2.75, 3.05) is 32.1 Å². The number of aromatic amines is 1. The van der Waals surface area contributed by atoms with Gasteiger partial charge in [0.15, 0.2) is 5.82 Å². The summed E-state index contributed by atoms with van der Waals surface area (Å²) in [5, 5.41) is 0. The summed E-state index contributed by atoms with van der Waals surface area (Å²) in [6.07, 6.45) is 6.25. The fourth-order valence-electron chi connectivity index (χ4n) is 3.12.